The molecule has 7 heteroatoms. The van der Waals surface area contributed by atoms with Gasteiger partial charge in [-0.15, -0.1) is 0 Å². The third kappa shape index (κ3) is 5.18. The van der Waals surface area contributed by atoms with Crippen LogP contribution < -0.4 is 4.90 Å². The van der Waals surface area contributed by atoms with E-state index in [9.17, 15) is 14.7 Å². The largest absolute Gasteiger partial charge is 0.480 e. The van der Waals surface area contributed by atoms with Crippen molar-refractivity contribution in [2.24, 2.45) is 0 Å². The Hall–Kier alpha value is -2.34. The number of halogens is 3. The Morgan fingerprint density at radius 1 is 0.966 bits per heavy atom. The molecule has 0 saturated heterocycles. The molecule has 1 unspecified atom stereocenters. The van der Waals surface area contributed by atoms with Crippen molar-refractivity contribution in [2.75, 3.05) is 4.90 Å². The lowest BCUT2D eigenvalue weighted by atomic mass is 10.0. The van der Waals surface area contributed by atoms with Crippen LogP contribution in [0.15, 0.2) is 77.3 Å². The van der Waals surface area contributed by atoms with Crippen LogP contribution in [0.5, 0.6) is 0 Å². The van der Waals surface area contributed by atoms with Gasteiger partial charge in [0.25, 0.3) is 5.91 Å². The Balaban J connectivity index is 2.10. The molecule has 0 spiro atoms. The summed E-state index contributed by atoms with van der Waals surface area (Å²) in [6.45, 7) is 0. The summed E-state index contributed by atoms with van der Waals surface area (Å²) < 4.78 is 0.721. The molecule has 0 aliphatic heterocycles. The van der Waals surface area contributed by atoms with Gasteiger partial charge in [0.1, 0.15) is 6.04 Å². The van der Waals surface area contributed by atoms with Gasteiger partial charge in [-0.1, -0.05) is 75.5 Å². The topological polar surface area (TPSA) is 57.6 Å². The minimum absolute atomic E-state index is 0.139. The standard InChI is InChI=1S/C22H16BrCl2NO3/c23-15-7-4-8-17(12-15)26(21(27)18-10-9-16(24)13-19(18)25)20(22(28)29)11-14-5-2-1-3-6-14/h1-10,12-13,20H,11H2,(H,28,29). The minimum Gasteiger partial charge on any atom is -0.480 e. The molecule has 29 heavy (non-hydrogen) atoms. The Morgan fingerprint density at radius 2 is 1.69 bits per heavy atom. The number of hydrogen-bond acceptors (Lipinski definition) is 2. The third-order valence-electron chi connectivity index (χ3n) is 4.34. The highest BCUT2D eigenvalue weighted by molar-refractivity contribution is 9.10. The van der Waals surface area contributed by atoms with E-state index < -0.39 is 17.9 Å². The van der Waals surface area contributed by atoms with Crippen molar-refractivity contribution in [2.45, 2.75) is 12.5 Å². The lowest BCUT2D eigenvalue weighted by molar-refractivity contribution is -0.138. The zero-order chi connectivity index (χ0) is 21.0. The number of amides is 1. The molecule has 1 amide bonds. The van der Waals surface area contributed by atoms with Crippen LogP contribution in [0.3, 0.4) is 0 Å². The van der Waals surface area contributed by atoms with Crippen LogP contribution in [-0.4, -0.2) is 23.0 Å². The molecule has 0 heterocycles. The summed E-state index contributed by atoms with van der Waals surface area (Å²) in [5.74, 6) is -1.64. The number of anilines is 1. The zero-order valence-corrected chi connectivity index (χ0v) is 18.2. The molecule has 0 fully saturated rings. The highest BCUT2D eigenvalue weighted by Gasteiger charge is 2.33. The lowest BCUT2D eigenvalue weighted by Gasteiger charge is -2.30. The Kier molecular flexibility index (Phi) is 6.96. The fourth-order valence-electron chi connectivity index (χ4n) is 2.98. The van der Waals surface area contributed by atoms with E-state index in [-0.39, 0.29) is 17.0 Å². The van der Waals surface area contributed by atoms with Gasteiger partial charge in [0.15, 0.2) is 0 Å². The first-order valence-electron chi connectivity index (χ1n) is 8.67. The van der Waals surface area contributed by atoms with Gasteiger partial charge in [0.2, 0.25) is 0 Å². The number of carboxylic acid groups (broad SMARTS) is 1. The fourth-order valence-corrected chi connectivity index (χ4v) is 3.86. The van der Waals surface area contributed by atoms with Crippen molar-refractivity contribution in [3.63, 3.8) is 0 Å². The molecule has 1 atom stereocenters. The number of carbonyl (C=O) groups is 2. The average Bonchev–Trinajstić information content (AvgIpc) is 2.68. The molecule has 0 bridgehead atoms. The molecule has 148 valence electrons. The van der Waals surface area contributed by atoms with Gasteiger partial charge in [0, 0.05) is 21.6 Å². The number of rotatable bonds is 6. The minimum atomic E-state index is -1.13. The van der Waals surface area contributed by atoms with Gasteiger partial charge in [0.05, 0.1) is 10.6 Å². The molecule has 0 aromatic heterocycles. The van der Waals surface area contributed by atoms with E-state index in [1.54, 1.807) is 30.3 Å². The van der Waals surface area contributed by atoms with E-state index in [1.165, 1.54) is 17.0 Å². The summed E-state index contributed by atoms with van der Waals surface area (Å²) in [5, 5.41) is 10.5. The molecule has 4 nitrogen and oxygen atoms in total. The van der Waals surface area contributed by atoms with E-state index in [1.807, 2.05) is 30.3 Å². The maximum atomic E-state index is 13.4. The fraction of sp³-hybridized carbons (Fsp3) is 0.0909. The first-order chi connectivity index (χ1) is 13.9. The molecule has 0 radical (unpaired) electrons. The van der Waals surface area contributed by atoms with Crippen LogP contribution in [0, 0.1) is 0 Å². The van der Waals surface area contributed by atoms with Gasteiger partial charge in [-0.25, -0.2) is 4.79 Å². The summed E-state index contributed by atoms with van der Waals surface area (Å²) in [6.07, 6.45) is 0.139. The quantitative estimate of drug-likeness (QED) is 0.452. The number of benzene rings is 3. The van der Waals surface area contributed by atoms with Crippen LogP contribution in [0.25, 0.3) is 0 Å². The summed E-state index contributed by atoms with van der Waals surface area (Å²) >= 11 is 15.6. The SMILES string of the molecule is O=C(O)C(Cc1ccccc1)N(C(=O)c1ccc(Cl)cc1Cl)c1cccc(Br)c1. The molecule has 3 aromatic carbocycles. The van der Waals surface area contributed by atoms with Crippen LogP contribution in [0.2, 0.25) is 10.0 Å². The molecule has 0 aliphatic rings. The second-order valence-corrected chi connectivity index (χ2v) is 8.08. The average molecular weight is 493 g/mol. The first-order valence-corrected chi connectivity index (χ1v) is 10.2. The number of carbonyl (C=O) groups excluding carboxylic acids is 1. The van der Waals surface area contributed by atoms with Crippen molar-refractivity contribution in [1.82, 2.24) is 0 Å². The maximum absolute atomic E-state index is 13.4. The van der Waals surface area contributed by atoms with Crippen LogP contribution in [0.1, 0.15) is 15.9 Å². The van der Waals surface area contributed by atoms with Crippen molar-refractivity contribution in [3.05, 3.63) is 98.4 Å². The molecule has 3 aromatic rings. The predicted octanol–water partition coefficient (Wildman–Crippen LogP) is 6.10. The molecular formula is C22H16BrCl2NO3. The second kappa shape index (κ2) is 9.44. The van der Waals surface area contributed by atoms with E-state index in [0.29, 0.717) is 10.7 Å². The van der Waals surface area contributed by atoms with Crippen molar-refractivity contribution < 1.29 is 14.7 Å². The Labute approximate surface area is 186 Å². The monoisotopic (exact) mass is 491 g/mol. The zero-order valence-electron chi connectivity index (χ0n) is 15.1. The van der Waals surface area contributed by atoms with E-state index in [4.69, 9.17) is 23.2 Å². The Bertz CT molecular complexity index is 1040. The lowest BCUT2D eigenvalue weighted by Crippen LogP contribution is -2.47. The van der Waals surface area contributed by atoms with E-state index in [2.05, 4.69) is 15.9 Å². The van der Waals surface area contributed by atoms with E-state index >= 15 is 0 Å². The summed E-state index contributed by atoms with van der Waals surface area (Å²) in [7, 11) is 0. The van der Waals surface area contributed by atoms with Crippen molar-refractivity contribution >= 4 is 56.7 Å². The summed E-state index contributed by atoms with van der Waals surface area (Å²) in [6, 6.07) is 19.5. The predicted molar refractivity (Wildman–Crippen MR) is 119 cm³/mol. The summed E-state index contributed by atoms with van der Waals surface area (Å²) in [4.78, 5) is 26.9. The van der Waals surface area contributed by atoms with Crippen LogP contribution in [0.4, 0.5) is 5.69 Å². The highest BCUT2D eigenvalue weighted by atomic mass is 79.9. The van der Waals surface area contributed by atoms with Crippen LogP contribution in [-0.2, 0) is 11.2 Å². The van der Waals surface area contributed by atoms with Crippen molar-refractivity contribution in [3.8, 4) is 0 Å². The van der Waals surface area contributed by atoms with Gasteiger partial charge in [-0.05, 0) is 42.0 Å². The molecule has 0 saturated carbocycles. The molecule has 0 aliphatic carbocycles. The number of aliphatic carboxylic acids is 1. The number of hydrogen-bond donors (Lipinski definition) is 1. The third-order valence-corrected chi connectivity index (χ3v) is 5.38. The van der Waals surface area contributed by atoms with Crippen molar-refractivity contribution in [1.29, 1.82) is 0 Å². The van der Waals surface area contributed by atoms with Crippen LogP contribution >= 0.6 is 39.1 Å². The molecular weight excluding hydrogens is 477 g/mol. The first kappa shape index (κ1) is 21.4. The Morgan fingerprint density at radius 3 is 2.31 bits per heavy atom. The number of carboxylic acids is 1. The van der Waals surface area contributed by atoms with E-state index in [0.717, 1.165) is 10.0 Å². The van der Waals surface area contributed by atoms with Gasteiger partial charge >= 0.3 is 5.97 Å². The second-order valence-electron chi connectivity index (χ2n) is 6.32. The molecule has 3 rings (SSSR count). The van der Waals surface area contributed by atoms with Gasteiger partial charge < -0.3 is 5.11 Å². The normalized spacial score (nSPS) is 11.7. The maximum Gasteiger partial charge on any atom is 0.327 e. The number of nitrogens with zero attached hydrogens (tertiary/aromatic N) is 1. The van der Waals surface area contributed by atoms with Gasteiger partial charge in [-0.2, -0.15) is 0 Å². The summed E-state index contributed by atoms with van der Waals surface area (Å²) in [5.41, 5.74) is 1.42. The smallest absolute Gasteiger partial charge is 0.327 e. The molecule has 1 N–H and O–H groups in total. The van der Waals surface area contributed by atoms with Gasteiger partial charge in [-0.3, -0.25) is 9.69 Å². The highest BCUT2D eigenvalue weighted by Crippen LogP contribution is 2.29.